The zero-order valence-electron chi connectivity index (χ0n) is 14.5. The molecular formula is C14H28N2O7S. The molecule has 142 valence electrons. The number of aliphatic hydroxyl groups excluding tert-OH is 1. The Balaban J connectivity index is 0. The van der Waals surface area contributed by atoms with Gasteiger partial charge in [0.15, 0.2) is 0 Å². The Bertz CT molecular complexity index is 392. The first-order chi connectivity index (χ1) is 10.8. The average Bonchev–Trinajstić information content (AvgIpc) is 2.35. The van der Waals surface area contributed by atoms with Crippen LogP contribution in [0.5, 0.6) is 0 Å². The summed E-state index contributed by atoms with van der Waals surface area (Å²) in [5.74, 6) is -2.98. The highest BCUT2D eigenvalue weighted by Crippen LogP contribution is 2.09. The van der Waals surface area contributed by atoms with Gasteiger partial charge in [0.25, 0.3) is 0 Å². The molecule has 0 aromatic heterocycles. The number of quaternary nitrogens is 1. The van der Waals surface area contributed by atoms with Crippen molar-refractivity contribution in [3.8, 4) is 0 Å². The minimum Gasteiger partial charge on any atom is -0.550 e. The summed E-state index contributed by atoms with van der Waals surface area (Å²) < 4.78 is 0.550. The first kappa shape index (κ1) is 24.9. The molecule has 0 aromatic carbocycles. The van der Waals surface area contributed by atoms with E-state index in [1.807, 2.05) is 21.1 Å². The van der Waals surface area contributed by atoms with Gasteiger partial charge < -0.3 is 35.4 Å². The van der Waals surface area contributed by atoms with E-state index in [0.717, 1.165) is 0 Å². The van der Waals surface area contributed by atoms with Gasteiger partial charge in [-0.2, -0.15) is 11.8 Å². The molecule has 0 aliphatic rings. The number of likely N-dealkylation sites (N-methyl/N-ethyl adjacent to an activating group) is 1. The number of aliphatic hydroxyl groups is 1. The van der Waals surface area contributed by atoms with Crippen molar-refractivity contribution < 1.29 is 39.3 Å². The highest BCUT2D eigenvalue weighted by atomic mass is 32.2. The maximum absolute atomic E-state index is 10.3. The lowest BCUT2D eigenvalue weighted by Crippen LogP contribution is -2.43. The van der Waals surface area contributed by atoms with E-state index < -0.39 is 36.0 Å². The van der Waals surface area contributed by atoms with Gasteiger partial charge >= 0.3 is 11.9 Å². The van der Waals surface area contributed by atoms with Crippen LogP contribution in [0.4, 0.5) is 0 Å². The number of hydrogen-bond donors (Lipinski definition) is 4. The first-order valence-electron chi connectivity index (χ1n) is 7.23. The van der Waals surface area contributed by atoms with E-state index in [4.69, 9.17) is 21.1 Å². The Kier molecular flexibility index (Phi) is 12.5. The quantitative estimate of drug-likeness (QED) is 0.321. The molecule has 0 aromatic rings. The highest BCUT2D eigenvalue weighted by molar-refractivity contribution is 7.99. The van der Waals surface area contributed by atoms with Gasteiger partial charge in [-0.1, -0.05) is 6.92 Å². The van der Waals surface area contributed by atoms with Gasteiger partial charge in [-0.25, -0.2) is 0 Å². The molecule has 0 aliphatic carbocycles. The predicted octanol–water partition coefficient (Wildman–Crippen LogP) is -1.95. The van der Waals surface area contributed by atoms with Crippen molar-refractivity contribution in [3.63, 3.8) is 0 Å². The second kappa shape index (κ2) is 12.1. The topological polar surface area (TPSA) is 161 Å². The van der Waals surface area contributed by atoms with E-state index in [1.54, 1.807) is 6.92 Å². The molecule has 0 saturated heterocycles. The van der Waals surface area contributed by atoms with Crippen LogP contribution in [0, 0.1) is 5.92 Å². The number of carbonyl (C=O) groups is 3. The summed E-state index contributed by atoms with van der Waals surface area (Å²) in [7, 11) is 5.66. The Labute approximate surface area is 146 Å². The van der Waals surface area contributed by atoms with Crippen molar-refractivity contribution in [3.05, 3.63) is 0 Å². The molecule has 0 fully saturated rings. The summed E-state index contributed by atoms with van der Waals surface area (Å²) in [6.07, 6.45) is -1.09. The molecule has 5 N–H and O–H groups in total. The maximum Gasteiger partial charge on any atom is 0.321 e. The van der Waals surface area contributed by atoms with Crippen LogP contribution in [-0.2, 0) is 14.4 Å². The maximum atomic E-state index is 10.3. The lowest BCUT2D eigenvalue weighted by atomic mass is 10.2. The van der Waals surface area contributed by atoms with Gasteiger partial charge in [0.05, 0.1) is 27.1 Å². The van der Waals surface area contributed by atoms with Gasteiger partial charge in [-0.3, -0.25) is 9.59 Å². The zero-order valence-corrected chi connectivity index (χ0v) is 15.3. The van der Waals surface area contributed by atoms with Crippen LogP contribution in [0.3, 0.4) is 0 Å². The van der Waals surface area contributed by atoms with E-state index in [2.05, 4.69) is 0 Å². The number of rotatable bonds is 10. The number of nitrogens with zero attached hydrogens (tertiary/aromatic N) is 1. The summed E-state index contributed by atoms with van der Waals surface area (Å²) >= 11 is 1.24. The molecule has 0 aliphatic heterocycles. The van der Waals surface area contributed by atoms with E-state index >= 15 is 0 Å². The third kappa shape index (κ3) is 17.0. The van der Waals surface area contributed by atoms with Crippen molar-refractivity contribution in [2.45, 2.75) is 25.5 Å². The molecule has 9 nitrogen and oxygen atoms in total. The second-order valence-corrected chi connectivity index (χ2v) is 7.50. The lowest BCUT2D eigenvalue weighted by Gasteiger charge is -2.26. The second-order valence-electron chi connectivity index (χ2n) is 6.42. The zero-order chi connectivity index (χ0) is 19.5. The summed E-state index contributed by atoms with van der Waals surface area (Å²) in [5, 5.41) is 36.0. The van der Waals surface area contributed by atoms with Crippen LogP contribution in [0.2, 0.25) is 0 Å². The minimum atomic E-state index is -1.20. The third-order valence-corrected chi connectivity index (χ3v) is 3.90. The van der Waals surface area contributed by atoms with Gasteiger partial charge in [-0.05, 0) is 0 Å². The van der Waals surface area contributed by atoms with Crippen LogP contribution in [0.25, 0.3) is 0 Å². The van der Waals surface area contributed by atoms with Crippen molar-refractivity contribution in [2.24, 2.45) is 11.7 Å². The highest BCUT2D eigenvalue weighted by Gasteiger charge is 2.15. The number of carboxylic acid groups (broad SMARTS) is 3. The summed E-state index contributed by atoms with van der Waals surface area (Å²) in [4.78, 5) is 30.6. The number of carbonyl (C=O) groups excluding carboxylic acids is 1. The number of hydrogen-bond acceptors (Lipinski definition) is 7. The molecule has 0 rings (SSSR count). The van der Waals surface area contributed by atoms with E-state index in [-0.39, 0.29) is 12.2 Å². The van der Waals surface area contributed by atoms with Crippen molar-refractivity contribution in [1.29, 1.82) is 0 Å². The van der Waals surface area contributed by atoms with Crippen LogP contribution in [0.1, 0.15) is 13.3 Å². The Morgan fingerprint density at radius 2 is 1.62 bits per heavy atom. The van der Waals surface area contributed by atoms with Gasteiger partial charge in [0.1, 0.15) is 18.7 Å². The number of aliphatic carboxylic acids is 3. The molecule has 0 heterocycles. The molecule has 0 amide bonds. The molecule has 10 heteroatoms. The fourth-order valence-electron chi connectivity index (χ4n) is 1.40. The standard InChI is InChI=1S/C7H13NO4S.C7H15NO3/c1-4(6(9)10)2-13-3-5(8)7(11)12;1-8(2,3)5-6(9)4-7(10)11/h4-5H,2-3,8H2,1H3,(H,9,10)(H,11,12);6,9H,4-5H2,1-3H3. The number of carboxylic acids is 3. The number of nitrogens with two attached hydrogens (primary N) is 1. The van der Waals surface area contributed by atoms with Crippen LogP contribution < -0.4 is 10.8 Å². The molecular weight excluding hydrogens is 340 g/mol. The Hall–Kier alpha value is -1.36. The molecule has 3 atom stereocenters. The first-order valence-corrected chi connectivity index (χ1v) is 8.39. The van der Waals surface area contributed by atoms with Crippen molar-refractivity contribution in [2.75, 3.05) is 39.2 Å². The van der Waals surface area contributed by atoms with Crippen LogP contribution >= 0.6 is 11.8 Å². The summed E-state index contributed by atoms with van der Waals surface area (Å²) in [6.45, 7) is 2.00. The number of thioether (sulfide) groups is 1. The van der Waals surface area contributed by atoms with Gasteiger partial charge in [-0.15, -0.1) is 0 Å². The normalized spacial score (nSPS) is 14.8. The summed E-state index contributed by atoms with van der Waals surface area (Å²) in [5.41, 5.74) is 5.21. The predicted molar refractivity (Wildman–Crippen MR) is 88.3 cm³/mol. The molecule has 0 spiro atoms. The lowest BCUT2D eigenvalue weighted by molar-refractivity contribution is -0.873. The molecule has 24 heavy (non-hydrogen) atoms. The largest absolute Gasteiger partial charge is 0.550 e. The fraction of sp³-hybridized carbons (Fsp3) is 0.786. The smallest absolute Gasteiger partial charge is 0.321 e. The van der Waals surface area contributed by atoms with E-state index in [0.29, 0.717) is 16.8 Å². The Morgan fingerprint density at radius 3 is 1.96 bits per heavy atom. The van der Waals surface area contributed by atoms with Crippen molar-refractivity contribution in [1.82, 2.24) is 0 Å². The third-order valence-electron chi connectivity index (χ3n) is 2.56. The SMILES string of the molecule is CC(CSCC(N)C(=O)O)C(=O)O.C[N+](C)(C)CC(O)CC(=O)[O-]. The van der Waals surface area contributed by atoms with Gasteiger partial charge in [0, 0.05) is 23.9 Å². The molecule has 3 unspecified atom stereocenters. The van der Waals surface area contributed by atoms with E-state index in [1.165, 1.54) is 11.8 Å². The van der Waals surface area contributed by atoms with Crippen molar-refractivity contribution >= 4 is 29.7 Å². The van der Waals surface area contributed by atoms with E-state index in [9.17, 15) is 19.5 Å². The van der Waals surface area contributed by atoms with Crippen LogP contribution in [-0.4, -0.2) is 89.0 Å². The minimum absolute atomic E-state index is 0.243. The van der Waals surface area contributed by atoms with Gasteiger partial charge in [0.2, 0.25) is 0 Å². The fourth-order valence-corrected chi connectivity index (χ4v) is 2.43. The molecule has 0 radical (unpaired) electrons. The average molecular weight is 368 g/mol. The monoisotopic (exact) mass is 368 g/mol. The molecule has 0 saturated carbocycles. The summed E-state index contributed by atoms with van der Waals surface area (Å²) in [6, 6.07) is -0.911. The Morgan fingerprint density at radius 1 is 1.12 bits per heavy atom. The van der Waals surface area contributed by atoms with Crippen LogP contribution in [0.15, 0.2) is 0 Å². The molecule has 0 bridgehead atoms.